The van der Waals surface area contributed by atoms with Crippen LogP contribution in [0.4, 0.5) is 5.69 Å². The molecule has 1 N–H and O–H groups in total. The Labute approximate surface area is 145 Å². The molecule has 3 heteroatoms. The van der Waals surface area contributed by atoms with Crippen molar-refractivity contribution in [2.45, 2.75) is 53.1 Å². The quantitative estimate of drug-likeness (QED) is 0.803. The van der Waals surface area contributed by atoms with Crippen LogP contribution in [-0.2, 0) is 11.2 Å². The van der Waals surface area contributed by atoms with Gasteiger partial charge in [-0.25, -0.2) is 0 Å². The first-order valence-electron chi connectivity index (χ1n) is 8.57. The summed E-state index contributed by atoms with van der Waals surface area (Å²) in [7, 11) is 0. The van der Waals surface area contributed by atoms with Gasteiger partial charge in [0, 0.05) is 5.69 Å². The van der Waals surface area contributed by atoms with Gasteiger partial charge in [-0.3, -0.25) is 4.79 Å². The number of benzene rings is 2. The lowest BCUT2D eigenvalue weighted by molar-refractivity contribution is -0.122. The van der Waals surface area contributed by atoms with E-state index >= 15 is 0 Å². The van der Waals surface area contributed by atoms with E-state index < -0.39 is 6.10 Å². The Kier molecular flexibility index (Phi) is 6.02. The van der Waals surface area contributed by atoms with Gasteiger partial charge in [-0.15, -0.1) is 0 Å². The lowest BCUT2D eigenvalue weighted by atomic mass is 10.0. The number of ether oxygens (including phenoxy) is 1. The molecule has 0 fully saturated rings. The smallest absolute Gasteiger partial charge is 0.265 e. The number of carbonyl (C=O) groups excluding carboxylic acids is 1. The van der Waals surface area contributed by atoms with E-state index in [1.807, 2.05) is 37.3 Å². The van der Waals surface area contributed by atoms with Crippen molar-refractivity contribution in [3.8, 4) is 5.75 Å². The van der Waals surface area contributed by atoms with Crippen LogP contribution in [0.25, 0.3) is 0 Å². The van der Waals surface area contributed by atoms with Crippen LogP contribution >= 0.6 is 0 Å². The minimum Gasteiger partial charge on any atom is -0.481 e. The summed E-state index contributed by atoms with van der Waals surface area (Å²) in [5.74, 6) is 0.988. The van der Waals surface area contributed by atoms with Gasteiger partial charge in [0.2, 0.25) is 0 Å². The molecule has 0 aromatic heterocycles. The molecule has 1 atom stereocenters. The number of carbonyl (C=O) groups is 1. The number of rotatable bonds is 6. The van der Waals surface area contributed by atoms with Crippen molar-refractivity contribution in [3.05, 3.63) is 59.2 Å². The second kappa shape index (κ2) is 8.00. The Balaban J connectivity index is 2.07. The van der Waals surface area contributed by atoms with E-state index in [2.05, 4.69) is 38.2 Å². The number of aryl methyl sites for hydroxylation is 2. The highest BCUT2D eigenvalue weighted by atomic mass is 16.5. The van der Waals surface area contributed by atoms with Crippen molar-refractivity contribution >= 4 is 11.6 Å². The largest absolute Gasteiger partial charge is 0.481 e. The number of hydrogen-bond donors (Lipinski definition) is 1. The number of amides is 1. The maximum absolute atomic E-state index is 12.4. The van der Waals surface area contributed by atoms with E-state index in [0.717, 1.165) is 29.0 Å². The van der Waals surface area contributed by atoms with Crippen LogP contribution in [0.15, 0.2) is 42.5 Å². The topological polar surface area (TPSA) is 38.3 Å². The van der Waals surface area contributed by atoms with Gasteiger partial charge in [0.25, 0.3) is 5.91 Å². The third kappa shape index (κ3) is 4.60. The van der Waals surface area contributed by atoms with Crippen LogP contribution in [0.2, 0.25) is 0 Å². The van der Waals surface area contributed by atoms with Crippen molar-refractivity contribution in [2.75, 3.05) is 5.32 Å². The highest BCUT2D eigenvalue weighted by Gasteiger charge is 2.17. The standard InChI is InChI=1S/C21H27NO2/c1-6-17-8-10-18(11-9-17)22-21(23)16(5)24-20-13-15(4)7-12-19(20)14(2)3/h7-14,16H,6H2,1-5H3,(H,22,23)/t16-/m1/s1. The van der Waals surface area contributed by atoms with Crippen LogP contribution in [0.5, 0.6) is 5.75 Å². The van der Waals surface area contributed by atoms with Gasteiger partial charge in [-0.05, 0) is 61.1 Å². The summed E-state index contributed by atoms with van der Waals surface area (Å²) < 4.78 is 5.95. The summed E-state index contributed by atoms with van der Waals surface area (Å²) in [4.78, 5) is 12.4. The van der Waals surface area contributed by atoms with E-state index in [9.17, 15) is 4.79 Å². The van der Waals surface area contributed by atoms with Gasteiger partial charge < -0.3 is 10.1 Å². The van der Waals surface area contributed by atoms with E-state index in [1.165, 1.54) is 5.56 Å². The highest BCUT2D eigenvalue weighted by molar-refractivity contribution is 5.94. The summed E-state index contributed by atoms with van der Waals surface area (Å²) in [5, 5.41) is 2.91. The molecule has 0 bridgehead atoms. The molecule has 0 radical (unpaired) electrons. The minimum atomic E-state index is -0.560. The number of nitrogens with one attached hydrogen (secondary N) is 1. The molecule has 2 aromatic carbocycles. The molecule has 1 amide bonds. The van der Waals surface area contributed by atoms with Crippen LogP contribution in [-0.4, -0.2) is 12.0 Å². The van der Waals surface area contributed by atoms with Gasteiger partial charge in [0.05, 0.1) is 0 Å². The molecule has 0 spiro atoms. The molecule has 2 aromatic rings. The van der Waals surface area contributed by atoms with Gasteiger partial charge >= 0.3 is 0 Å². The minimum absolute atomic E-state index is 0.143. The van der Waals surface area contributed by atoms with Crippen LogP contribution < -0.4 is 10.1 Å². The molecule has 0 aliphatic rings. The third-order valence-corrected chi connectivity index (χ3v) is 4.09. The van der Waals surface area contributed by atoms with Crippen LogP contribution in [0, 0.1) is 6.92 Å². The zero-order valence-corrected chi connectivity index (χ0v) is 15.2. The monoisotopic (exact) mass is 325 g/mol. The van der Waals surface area contributed by atoms with E-state index in [0.29, 0.717) is 5.92 Å². The molecule has 0 unspecified atom stereocenters. The summed E-state index contributed by atoms with van der Waals surface area (Å²) in [5.41, 5.74) is 4.28. The van der Waals surface area contributed by atoms with Crippen molar-refractivity contribution in [2.24, 2.45) is 0 Å². The number of anilines is 1. The Morgan fingerprint density at radius 1 is 1.08 bits per heavy atom. The normalized spacial score (nSPS) is 12.1. The average molecular weight is 325 g/mol. The van der Waals surface area contributed by atoms with Gasteiger partial charge in [-0.2, -0.15) is 0 Å². The summed E-state index contributed by atoms with van der Waals surface area (Å²) in [6, 6.07) is 14.0. The van der Waals surface area contributed by atoms with Gasteiger partial charge in [-0.1, -0.05) is 45.0 Å². The molecule has 0 saturated heterocycles. The van der Waals surface area contributed by atoms with Gasteiger partial charge in [0.1, 0.15) is 5.75 Å². The fraction of sp³-hybridized carbons (Fsp3) is 0.381. The van der Waals surface area contributed by atoms with E-state index in [-0.39, 0.29) is 5.91 Å². The maximum Gasteiger partial charge on any atom is 0.265 e. The second-order valence-corrected chi connectivity index (χ2v) is 6.50. The lowest BCUT2D eigenvalue weighted by Gasteiger charge is -2.19. The van der Waals surface area contributed by atoms with Crippen molar-refractivity contribution in [3.63, 3.8) is 0 Å². The Morgan fingerprint density at radius 3 is 2.33 bits per heavy atom. The first kappa shape index (κ1) is 18.1. The van der Waals surface area contributed by atoms with Crippen LogP contribution in [0.1, 0.15) is 50.3 Å². The molecule has 0 aliphatic heterocycles. The first-order chi connectivity index (χ1) is 11.4. The number of hydrogen-bond acceptors (Lipinski definition) is 2. The molecule has 24 heavy (non-hydrogen) atoms. The molecule has 0 aliphatic carbocycles. The molecule has 128 valence electrons. The second-order valence-electron chi connectivity index (χ2n) is 6.50. The summed E-state index contributed by atoms with van der Waals surface area (Å²) in [6.45, 7) is 10.2. The fourth-order valence-corrected chi connectivity index (χ4v) is 2.53. The summed E-state index contributed by atoms with van der Waals surface area (Å²) >= 11 is 0. The van der Waals surface area contributed by atoms with Crippen LogP contribution in [0.3, 0.4) is 0 Å². The van der Waals surface area contributed by atoms with Crippen molar-refractivity contribution in [1.29, 1.82) is 0 Å². The zero-order valence-electron chi connectivity index (χ0n) is 15.2. The molecular weight excluding hydrogens is 298 g/mol. The van der Waals surface area contributed by atoms with Crippen molar-refractivity contribution < 1.29 is 9.53 Å². The molecule has 0 heterocycles. The maximum atomic E-state index is 12.4. The third-order valence-electron chi connectivity index (χ3n) is 4.09. The Hall–Kier alpha value is -2.29. The lowest BCUT2D eigenvalue weighted by Crippen LogP contribution is -2.30. The first-order valence-corrected chi connectivity index (χ1v) is 8.57. The van der Waals surface area contributed by atoms with E-state index in [4.69, 9.17) is 4.74 Å². The van der Waals surface area contributed by atoms with Crippen molar-refractivity contribution in [1.82, 2.24) is 0 Å². The predicted octanol–water partition coefficient (Wildman–Crippen LogP) is 5.09. The Bertz CT molecular complexity index is 689. The molecule has 0 saturated carbocycles. The average Bonchev–Trinajstić information content (AvgIpc) is 2.55. The highest BCUT2D eigenvalue weighted by Crippen LogP contribution is 2.28. The zero-order chi connectivity index (χ0) is 17.7. The predicted molar refractivity (Wildman–Crippen MR) is 99.8 cm³/mol. The molecule has 3 nitrogen and oxygen atoms in total. The molecular formula is C21H27NO2. The fourth-order valence-electron chi connectivity index (χ4n) is 2.53. The molecule has 2 rings (SSSR count). The Morgan fingerprint density at radius 2 is 1.75 bits per heavy atom. The van der Waals surface area contributed by atoms with E-state index in [1.54, 1.807) is 6.92 Å². The SMILES string of the molecule is CCc1ccc(NC(=O)[C@@H](C)Oc2cc(C)ccc2C(C)C)cc1. The van der Waals surface area contributed by atoms with Gasteiger partial charge in [0.15, 0.2) is 6.10 Å². The summed E-state index contributed by atoms with van der Waals surface area (Å²) in [6.07, 6.45) is 0.425.